The smallest absolute Gasteiger partial charge is 0.404 e. The SMILES string of the molecule is CC1CN(C)CCN1CC(=O)Nc1cc(C(=O)Cc2nnc(-c3ccccc3)s2)ccc1OC(F)(F)F. The number of carbonyl (C=O) groups excluding carboxylic acids is 2. The maximum absolute atomic E-state index is 13.0. The number of amides is 1. The summed E-state index contributed by atoms with van der Waals surface area (Å²) >= 11 is 1.26. The first-order valence-electron chi connectivity index (χ1n) is 11.6. The molecule has 0 spiro atoms. The van der Waals surface area contributed by atoms with Crippen LogP contribution in [0.4, 0.5) is 18.9 Å². The van der Waals surface area contributed by atoms with Gasteiger partial charge < -0.3 is 15.0 Å². The molecule has 1 saturated heterocycles. The summed E-state index contributed by atoms with van der Waals surface area (Å²) in [5.41, 5.74) is 0.762. The number of rotatable bonds is 8. The highest BCUT2D eigenvalue weighted by Crippen LogP contribution is 2.32. The molecule has 4 rings (SSSR count). The van der Waals surface area contributed by atoms with Crippen molar-refractivity contribution < 1.29 is 27.5 Å². The van der Waals surface area contributed by atoms with Gasteiger partial charge >= 0.3 is 6.36 Å². The third-order valence-electron chi connectivity index (χ3n) is 5.92. The Bertz CT molecular complexity index is 1250. The van der Waals surface area contributed by atoms with Crippen LogP contribution in [0, 0.1) is 0 Å². The number of benzene rings is 2. The molecule has 1 unspecified atom stereocenters. The molecule has 2 heterocycles. The summed E-state index contributed by atoms with van der Waals surface area (Å²) in [6, 6.07) is 12.9. The average Bonchev–Trinajstić information content (AvgIpc) is 3.30. The Kier molecular flexibility index (Phi) is 8.20. The molecule has 1 aliphatic heterocycles. The molecule has 196 valence electrons. The minimum atomic E-state index is -4.96. The van der Waals surface area contributed by atoms with Crippen LogP contribution >= 0.6 is 11.3 Å². The maximum atomic E-state index is 13.0. The van der Waals surface area contributed by atoms with Crippen LogP contribution in [0.3, 0.4) is 0 Å². The zero-order valence-corrected chi connectivity index (χ0v) is 21.1. The number of carbonyl (C=O) groups is 2. The van der Waals surface area contributed by atoms with Crippen molar-refractivity contribution in [2.75, 3.05) is 38.5 Å². The van der Waals surface area contributed by atoms with Gasteiger partial charge in [0.1, 0.15) is 10.0 Å². The van der Waals surface area contributed by atoms with Crippen LogP contribution in [0.15, 0.2) is 48.5 Å². The number of alkyl halides is 3. The highest BCUT2D eigenvalue weighted by Gasteiger charge is 2.33. The quantitative estimate of drug-likeness (QED) is 0.436. The third-order valence-corrected chi connectivity index (χ3v) is 6.89. The van der Waals surface area contributed by atoms with Gasteiger partial charge in [0, 0.05) is 36.8 Å². The zero-order valence-electron chi connectivity index (χ0n) is 20.3. The van der Waals surface area contributed by atoms with Crippen LogP contribution in [-0.4, -0.2) is 77.3 Å². The average molecular weight is 534 g/mol. The summed E-state index contributed by atoms with van der Waals surface area (Å²) in [6.07, 6.45) is -5.05. The van der Waals surface area contributed by atoms with E-state index in [0.29, 0.717) is 16.6 Å². The number of nitrogens with zero attached hydrogens (tertiary/aromatic N) is 4. The van der Waals surface area contributed by atoms with E-state index in [-0.39, 0.29) is 36.0 Å². The summed E-state index contributed by atoms with van der Waals surface area (Å²) < 4.78 is 43.0. The summed E-state index contributed by atoms with van der Waals surface area (Å²) in [4.78, 5) is 29.8. The first-order valence-corrected chi connectivity index (χ1v) is 12.4. The Labute approximate surface area is 216 Å². The summed E-state index contributed by atoms with van der Waals surface area (Å²) in [7, 11) is 1.99. The van der Waals surface area contributed by atoms with E-state index in [1.807, 2.05) is 49.2 Å². The Hall–Kier alpha value is -3.35. The van der Waals surface area contributed by atoms with Crippen molar-refractivity contribution in [3.8, 4) is 16.3 Å². The van der Waals surface area contributed by atoms with Crippen molar-refractivity contribution in [3.05, 3.63) is 59.1 Å². The number of anilines is 1. The molecule has 0 bridgehead atoms. The number of aromatic nitrogens is 2. The van der Waals surface area contributed by atoms with Crippen LogP contribution in [0.2, 0.25) is 0 Å². The van der Waals surface area contributed by atoms with Gasteiger partial charge in [0.25, 0.3) is 0 Å². The predicted octanol–water partition coefficient (Wildman–Crippen LogP) is 4.10. The first-order chi connectivity index (χ1) is 17.6. The molecule has 2 aromatic carbocycles. The molecular formula is C25H26F3N5O3S. The van der Waals surface area contributed by atoms with Gasteiger partial charge in [-0.25, -0.2) is 0 Å². The number of Topliss-reactive ketones (excluding diaryl/α,β-unsaturated/α-hetero) is 1. The summed E-state index contributed by atoms with van der Waals surface area (Å²) in [6.45, 7) is 4.20. The van der Waals surface area contributed by atoms with E-state index in [4.69, 9.17) is 0 Å². The van der Waals surface area contributed by atoms with Crippen LogP contribution in [0.25, 0.3) is 10.6 Å². The number of ether oxygens (including phenoxy) is 1. The Morgan fingerprint density at radius 3 is 2.59 bits per heavy atom. The lowest BCUT2D eigenvalue weighted by atomic mass is 10.1. The second-order valence-electron chi connectivity index (χ2n) is 8.86. The third kappa shape index (κ3) is 7.34. The lowest BCUT2D eigenvalue weighted by molar-refractivity contribution is -0.274. The van der Waals surface area contributed by atoms with Gasteiger partial charge in [0.15, 0.2) is 11.5 Å². The van der Waals surface area contributed by atoms with Crippen LogP contribution in [0.5, 0.6) is 5.75 Å². The maximum Gasteiger partial charge on any atom is 0.573 e. The molecule has 37 heavy (non-hydrogen) atoms. The fourth-order valence-corrected chi connectivity index (χ4v) is 4.91. The van der Waals surface area contributed by atoms with E-state index < -0.39 is 18.0 Å². The molecule has 1 aliphatic rings. The highest BCUT2D eigenvalue weighted by atomic mass is 32.1. The fourth-order valence-electron chi connectivity index (χ4n) is 4.06. The number of ketones is 1. The van der Waals surface area contributed by atoms with Crippen LogP contribution in [-0.2, 0) is 11.2 Å². The molecule has 1 amide bonds. The summed E-state index contributed by atoms with van der Waals surface area (Å²) in [5, 5.41) is 11.8. The molecule has 1 aromatic heterocycles. The van der Waals surface area contributed by atoms with E-state index >= 15 is 0 Å². The molecule has 0 saturated carbocycles. The van der Waals surface area contributed by atoms with Crippen molar-refractivity contribution in [1.82, 2.24) is 20.0 Å². The highest BCUT2D eigenvalue weighted by molar-refractivity contribution is 7.14. The van der Waals surface area contributed by atoms with Gasteiger partial charge in [-0.1, -0.05) is 41.7 Å². The molecule has 0 radical (unpaired) electrons. The first kappa shape index (κ1) is 26.7. The predicted molar refractivity (Wildman–Crippen MR) is 134 cm³/mol. The largest absolute Gasteiger partial charge is 0.573 e. The Balaban J connectivity index is 1.49. The van der Waals surface area contributed by atoms with E-state index in [9.17, 15) is 22.8 Å². The van der Waals surface area contributed by atoms with Crippen LogP contribution < -0.4 is 10.1 Å². The topological polar surface area (TPSA) is 87.7 Å². The number of nitrogens with one attached hydrogen (secondary N) is 1. The molecule has 1 atom stereocenters. The van der Waals surface area contributed by atoms with Gasteiger partial charge in [-0.2, -0.15) is 0 Å². The molecule has 12 heteroatoms. The van der Waals surface area contributed by atoms with E-state index in [2.05, 4.69) is 25.2 Å². The molecule has 0 aliphatic carbocycles. The van der Waals surface area contributed by atoms with Gasteiger partial charge in [-0.05, 0) is 32.2 Å². The summed E-state index contributed by atoms with van der Waals surface area (Å²) in [5.74, 6) is -1.46. The van der Waals surface area contributed by atoms with E-state index in [0.717, 1.165) is 24.7 Å². The van der Waals surface area contributed by atoms with Crippen molar-refractivity contribution in [2.24, 2.45) is 0 Å². The van der Waals surface area contributed by atoms with Crippen molar-refractivity contribution in [2.45, 2.75) is 25.7 Å². The number of likely N-dealkylation sites (N-methyl/N-ethyl adjacent to an activating group) is 1. The fraction of sp³-hybridized carbons (Fsp3) is 0.360. The minimum Gasteiger partial charge on any atom is -0.404 e. The number of halogens is 3. The second-order valence-corrected chi connectivity index (χ2v) is 9.92. The van der Waals surface area contributed by atoms with Crippen molar-refractivity contribution >= 4 is 28.7 Å². The normalized spacial score (nSPS) is 16.9. The lowest BCUT2D eigenvalue weighted by Crippen LogP contribution is -2.52. The Morgan fingerprint density at radius 2 is 1.89 bits per heavy atom. The molecule has 1 N–H and O–H groups in total. The minimum absolute atomic E-state index is 0.00564. The second kappa shape index (κ2) is 11.4. The van der Waals surface area contributed by atoms with Crippen molar-refractivity contribution in [1.29, 1.82) is 0 Å². The van der Waals surface area contributed by atoms with Gasteiger partial charge in [-0.3, -0.25) is 14.5 Å². The molecular weight excluding hydrogens is 507 g/mol. The monoisotopic (exact) mass is 533 g/mol. The van der Waals surface area contributed by atoms with Gasteiger partial charge in [0.2, 0.25) is 5.91 Å². The molecule has 1 fully saturated rings. The van der Waals surface area contributed by atoms with Gasteiger partial charge in [0.05, 0.1) is 18.7 Å². The molecule has 3 aromatic rings. The van der Waals surface area contributed by atoms with E-state index in [1.165, 1.54) is 23.5 Å². The molecule has 8 nitrogen and oxygen atoms in total. The number of hydrogen-bond donors (Lipinski definition) is 1. The van der Waals surface area contributed by atoms with Crippen LogP contribution in [0.1, 0.15) is 22.3 Å². The zero-order chi connectivity index (χ0) is 26.6. The lowest BCUT2D eigenvalue weighted by Gasteiger charge is -2.37. The standard InChI is InChI=1S/C25H26F3N5O3S/c1-16-14-32(2)10-11-33(16)15-22(35)29-19-12-18(8-9-21(19)36-25(26,27)28)20(34)13-23-30-31-24(37-23)17-6-4-3-5-7-17/h3-9,12,16H,10-11,13-15H2,1-2H3,(H,29,35). The number of piperazine rings is 1. The van der Waals surface area contributed by atoms with Gasteiger partial charge in [-0.15, -0.1) is 23.4 Å². The number of hydrogen-bond acceptors (Lipinski definition) is 8. The Morgan fingerprint density at radius 1 is 1.14 bits per heavy atom. The van der Waals surface area contributed by atoms with E-state index in [1.54, 1.807) is 0 Å². The van der Waals surface area contributed by atoms with Crippen molar-refractivity contribution in [3.63, 3.8) is 0 Å².